The van der Waals surface area contributed by atoms with E-state index in [4.69, 9.17) is 10.5 Å². The van der Waals surface area contributed by atoms with Crippen LogP contribution in [0.25, 0.3) is 0 Å². The topological polar surface area (TPSA) is 50.9 Å². The van der Waals surface area contributed by atoms with Crippen molar-refractivity contribution in [3.05, 3.63) is 24.3 Å². The average Bonchev–Trinajstić information content (AvgIpc) is 2.80. The highest BCUT2D eigenvalue weighted by Gasteiger charge is 2.49. The van der Waals surface area contributed by atoms with E-state index in [1.807, 2.05) is 30.0 Å². The van der Waals surface area contributed by atoms with Gasteiger partial charge in [-0.15, -0.1) is 0 Å². The van der Waals surface area contributed by atoms with Crippen molar-refractivity contribution in [2.24, 2.45) is 10.7 Å². The number of hydrogen-bond acceptors (Lipinski definition) is 5. The molecule has 1 aromatic rings. The number of rotatable bonds is 2. The van der Waals surface area contributed by atoms with Crippen molar-refractivity contribution in [1.29, 1.82) is 0 Å². The minimum absolute atomic E-state index is 0.00162. The lowest BCUT2D eigenvalue weighted by molar-refractivity contribution is 0.388. The number of aliphatic imine (C=N–C) groups is 1. The number of nitrogens with two attached hydrogens (primary N) is 1. The van der Waals surface area contributed by atoms with Crippen molar-refractivity contribution < 1.29 is 4.74 Å². The Kier molecular flexibility index (Phi) is 3.54. The highest BCUT2D eigenvalue weighted by atomic mass is 32.2. The fourth-order valence-electron chi connectivity index (χ4n) is 3.26. The van der Waals surface area contributed by atoms with Crippen LogP contribution >= 0.6 is 11.8 Å². The minimum atomic E-state index is 0.00162. The Morgan fingerprint density at radius 1 is 1.45 bits per heavy atom. The van der Waals surface area contributed by atoms with E-state index in [2.05, 4.69) is 22.9 Å². The molecule has 3 rings (SSSR count). The summed E-state index contributed by atoms with van der Waals surface area (Å²) in [6.45, 7) is 3.07. The summed E-state index contributed by atoms with van der Waals surface area (Å²) >= 11 is 2.02. The van der Waals surface area contributed by atoms with Gasteiger partial charge in [0.15, 0.2) is 5.96 Å². The van der Waals surface area contributed by atoms with Crippen molar-refractivity contribution in [3.8, 4) is 5.75 Å². The molecule has 5 heteroatoms. The van der Waals surface area contributed by atoms with Gasteiger partial charge in [0.25, 0.3) is 0 Å². The zero-order valence-corrected chi connectivity index (χ0v) is 12.8. The first-order chi connectivity index (χ1) is 9.69. The molecule has 0 aromatic heterocycles. The zero-order valence-electron chi connectivity index (χ0n) is 12.0. The zero-order chi connectivity index (χ0) is 14.2. The standard InChI is InChI=1S/C15H21N3OS/c1-11-15(8-5-9-20-11)10-17-14(16)18(15)12-6-3-4-7-13(12)19-2/h3-4,6-7,11H,5,8-10H2,1-2H3,(H2,16,17). The first kappa shape index (κ1) is 13.6. The Bertz CT molecular complexity index is 534. The molecule has 0 radical (unpaired) electrons. The minimum Gasteiger partial charge on any atom is -0.495 e. The largest absolute Gasteiger partial charge is 0.495 e. The van der Waals surface area contributed by atoms with E-state index in [-0.39, 0.29) is 5.54 Å². The van der Waals surface area contributed by atoms with Crippen LogP contribution in [0.4, 0.5) is 5.69 Å². The first-order valence-corrected chi connectivity index (χ1v) is 8.09. The molecule has 0 amide bonds. The monoisotopic (exact) mass is 291 g/mol. The molecular formula is C15H21N3OS. The summed E-state index contributed by atoms with van der Waals surface area (Å²) in [5.41, 5.74) is 7.25. The molecule has 1 fully saturated rings. The molecule has 2 unspecified atom stereocenters. The van der Waals surface area contributed by atoms with Crippen molar-refractivity contribution >= 4 is 23.4 Å². The summed E-state index contributed by atoms with van der Waals surface area (Å²) in [7, 11) is 1.70. The molecule has 1 spiro atoms. The van der Waals surface area contributed by atoms with Gasteiger partial charge >= 0.3 is 0 Å². The highest BCUT2D eigenvalue weighted by molar-refractivity contribution is 8.00. The maximum absolute atomic E-state index is 6.21. The van der Waals surface area contributed by atoms with Gasteiger partial charge in [-0.25, -0.2) is 0 Å². The van der Waals surface area contributed by atoms with Crippen molar-refractivity contribution in [1.82, 2.24) is 0 Å². The van der Waals surface area contributed by atoms with E-state index < -0.39 is 0 Å². The number of guanidine groups is 1. The quantitative estimate of drug-likeness (QED) is 0.909. The van der Waals surface area contributed by atoms with Gasteiger partial charge in [0.05, 0.1) is 24.9 Å². The lowest BCUT2D eigenvalue weighted by atomic mass is 9.88. The summed E-state index contributed by atoms with van der Waals surface area (Å²) in [5, 5.41) is 0.506. The van der Waals surface area contributed by atoms with Gasteiger partial charge in [0.2, 0.25) is 0 Å². The highest BCUT2D eigenvalue weighted by Crippen LogP contribution is 2.45. The number of thioether (sulfide) groups is 1. The van der Waals surface area contributed by atoms with Gasteiger partial charge in [0.1, 0.15) is 5.75 Å². The van der Waals surface area contributed by atoms with E-state index in [0.717, 1.165) is 24.4 Å². The predicted molar refractivity (Wildman–Crippen MR) is 85.8 cm³/mol. The van der Waals surface area contributed by atoms with Crippen LogP contribution in [0.5, 0.6) is 5.75 Å². The SMILES string of the molecule is COc1ccccc1N1C(N)=NCC12CCCSC2C. The molecule has 2 N–H and O–H groups in total. The number of benzene rings is 1. The van der Waals surface area contributed by atoms with Gasteiger partial charge in [-0.3, -0.25) is 4.99 Å². The van der Waals surface area contributed by atoms with Crippen LogP contribution in [0, 0.1) is 0 Å². The van der Waals surface area contributed by atoms with Gasteiger partial charge < -0.3 is 15.4 Å². The number of methoxy groups -OCH3 is 1. The van der Waals surface area contributed by atoms with Gasteiger partial charge in [0, 0.05) is 5.25 Å². The number of anilines is 1. The second-order valence-electron chi connectivity index (χ2n) is 5.40. The Morgan fingerprint density at radius 2 is 2.25 bits per heavy atom. The summed E-state index contributed by atoms with van der Waals surface area (Å²) in [5.74, 6) is 2.70. The maximum atomic E-state index is 6.21. The van der Waals surface area contributed by atoms with Crippen LogP contribution < -0.4 is 15.4 Å². The molecule has 0 aliphatic carbocycles. The molecular weight excluding hydrogens is 270 g/mol. The molecule has 4 nitrogen and oxygen atoms in total. The average molecular weight is 291 g/mol. The van der Waals surface area contributed by atoms with Crippen LogP contribution in [-0.2, 0) is 0 Å². The van der Waals surface area contributed by atoms with Crippen LogP contribution in [0.3, 0.4) is 0 Å². The Morgan fingerprint density at radius 3 is 3.00 bits per heavy atom. The third-order valence-electron chi connectivity index (χ3n) is 4.39. The summed E-state index contributed by atoms with van der Waals surface area (Å²) < 4.78 is 5.52. The van der Waals surface area contributed by atoms with Crippen molar-refractivity contribution in [2.75, 3.05) is 24.3 Å². The Balaban J connectivity index is 2.06. The van der Waals surface area contributed by atoms with E-state index >= 15 is 0 Å². The van der Waals surface area contributed by atoms with Gasteiger partial charge in [-0.1, -0.05) is 19.1 Å². The number of para-hydroxylation sites is 2. The number of nitrogens with zero attached hydrogens (tertiary/aromatic N) is 2. The fourth-order valence-corrected chi connectivity index (χ4v) is 4.54. The molecule has 0 saturated carbocycles. The molecule has 108 valence electrons. The van der Waals surface area contributed by atoms with E-state index in [1.165, 1.54) is 12.2 Å². The maximum Gasteiger partial charge on any atom is 0.196 e. The molecule has 2 heterocycles. The van der Waals surface area contributed by atoms with Crippen LogP contribution in [-0.4, -0.2) is 36.2 Å². The van der Waals surface area contributed by atoms with E-state index in [0.29, 0.717) is 11.2 Å². The van der Waals surface area contributed by atoms with Crippen LogP contribution in [0.2, 0.25) is 0 Å². The normalized spacial score (nSPS) is 29.6. The molecule has 2 aliphatic rings. The predicted octanol–water partition coefficient (Wildman–Crippen LogP) is 2.48. The van der Waals surface area contributed by atoms with Gasteiger partial charge in [-0.2, -0.15) is 11.8 Å². The molecule has 2 atom stereocenters. The second kappa shape index (κ2) is 5.20. The Hall–Kier alpha value is -1.36. The molecule has 1 saturated heterocycles. The summed E-state index contributed by atoms with van der Waals surface area (Å²) in [6, 6.07) is 8.06. The third kappa shape index (κ3) is 1.95. The number of ether oxygens (including phenoxy) is 1. The smallest absolute Gasteiger partial charge is 0.196 e. The van der Waals surface area contributed by atoms with Crippen molar-refractivity contribution in [3.63, 3.8) is 0 Å². The van der Waals surface area contributed by atoms with Crippen molar-refractivity contribution in [2.45, 2.75) is 30.6 Å². The fraction of sp³-hybridized carbons (Fsp3) is 0.533. The third-order valence-corrected chi connectivity index (χ3v) is 5.86. The lowest BCUT2D eigenvalue weighted by Crippen LogP contribution is -2.58. The second-order valence-corrected chi connectivity index (χ2v) is 6.85. The van der Waals surface area contributed by atoms with Gasteiger partial charge in [-0.05, 0) is 30.7 Å². The summed E-state index contributed by atoms with van der Waals surface area (Å²) in [6.07, 6.45) is 2.34. The lowest BCUT2D eigenvalue weighted by Gasteiger charge is -2.46. The number of hydrogen-bond donors (Lipinski definition) is 1. The van der Waals surface area contributed by atoms with E-state index in [9.17, 15) is 0 Å². The first-order valence-electron chi connectivity index (χ1n) is 7.04. The molecule has 2 aliphatic heterocycles. The molecule has 20 heavy (non-hydrogen) atoms. The summed E-state index contributed by atoms with van der Waals surface area (Å²) in [4.78, 5) is 6.76. The molecule has 1 aromatic carbocycles. The molecule has 0 bridgehead atoms. The van der Waals surface area contributed by atoms with E-state index in [1.54, 1.807) is 7.11 Å². The Labute approximate surface area is 124 Å². The van der Waals surface area contributed by atoms with Crippen LogP contribution in [0.15, 0.2) is 29.3 Å². The van der Waals surface area contributed by atoms with Crippen LogP contribution in [0.1, 0.15) is 19.8 Å².